The normalized spacial score (nSPS) is 14.1. The van der Waals surface area contributed by atoms with Crippen molar-refractivity contribution in [2.24, 2.45) is 5.92 Å². The van der Waals surface area contributed by atoms with Crippen molar-refractivity contribution >= 4 is 16.2 Å². The first kappa shape index (κ1) is 13.4. The van der Waals surface area contributed by atoms with Crippen LogP contribution in [-0.2, 0) is 19.3 Å². The van der Waals surface area contributed by atoms with Gasteiger partial charge in [-0.05, 0) is 12.8 Å². The molecule has 84 valence electrons. The lowest BCUT2D eigenvalue weighted by atomic mass is 10.1. The highest BCUT2D eigenvalue weighted by molar-refractivity contribution is 7.85. The number of carbonyl (C=O) groups excluding carboxylic acids is 1. The number of hydrogen-bond donors (Lipinski definition) is 1. The van der Waals surface area contributed by atoms with E-state index in [9.17, 15) is 13.2 Å². The molecule has 0 radical (unpaired) electrons. The second kappa shape index (κ2) is 5.31. The van der Waals surface area contributed by atoms with Crippen molar-refractivity contribution in [3.05, 3.63) is 0 Å². The molecule has 0 saturated heterocycles. The van der Waals surface area contributed by atoms with Crippen LogP contribution < -0.4 is 4.72 Å². The molecule has 1 N–H and O–H groups in total. The minimum absolute atomic E-state index is 0.0725. The van der Waals surface area contributed by atoms with Crippen molar-refractivity contribution in [2.45, 2.75) is 40.2 Å². The monoisotopic (exact) mass is 223 g/mol. The minimum atomic E-state index is -3.94. The van der Waals surface area contributed by atoms with Gasteiger partial charge in [0.1, 0.15) is 0 Å². The molecular weight excluding hydrogens is 206 g/mol. The molecular formula is C8H17NO4S. The van der Waals surface area contributed by atoms with Gasteiger partial charge >= 0.3 is 10.3 Å². The van der Waals surface area contributed by atoms with E-state index in [4.69, 9.17) is 4.18 Å². The molecule has 0 saturated carbocycles. The Morgan fingerprint density at radius 2 is 1.86 bits per heavy atom. The molecule has 0 fully saturated rings. The summed E-state index contributed by atoms with van der Waals surface area (Å²) in [4.78, 5) is 10.8. The van der Waals surface area contributed by atoms with Gasteiger partial charge in [-0.3, -0.25) is 8.98 Å². The molecule has 0 unspecified atom stereocenters. The highest BCUT2D eigenvalue weighted by Crippen LogP contribution is 2.07. The number of carbonyl (C=O) groups is 1. The maximum absolute atomic E-state index is 11.2. The SMILES string of the molecule is CCC(=O)NS(=O)(=O)O[C@@H](C)C(C)C. The van der Waals surface area contributed by atoms with Crippen molar-refractivity contribution in [1.29, 1.82) is 0 Å². The Bertz CT molecular complexity index is 284. The van der Waals surface area contributed by atoms with E-state index in [1.165, 1.54) is 0 Å². The third kappa shape index (κ3) is 5.18. The van der Waals surface area contributed by atoms with Gasteiger partial charge in [0.2, 0.25) is 5.91 Å². The highest BCUT2D eigenvalue weighted by Gasteiger charge is 2.19. The topological polar surface area (TPSA) is 72.5 Å². The first-order valence-electron chi connectivity index (χ1n) is 4.52. The maximum atomic E-state index is 11.2. The Balaban J connectivity index is 4.29. The van der Waals surface area contributed by atoms with E-state index in [1.54, 1.807) is 18.6 Å². The van der Waals surface area contributed by atoms with E-state index in [-0.39, 0.29) is 12.3 Å². The van der Waals surface area contributed by atoms with Crippen LogP contribution in [0.4, 0.5) is 0 Å². The van der Waals surface area contributed by atoms with Crippen LogP contribution in [0.5, 0.6) is 0 Å². The van der Waals surface area contributed by atoms with Gasteiger partial charge in [0, 0.05) is 6.42 Å². The summed E-state index contributed by atoms with van der Waals surface area (Å²) in [6, 6.07) is 0. The van der Waals surface area contributed by atoms with Crippen molar-refractivity contribution in [1.82, 2.24) is 4.72 Å². The average molecular weight is 223 g/mol. The van der Waals surface area contributed by atoms with E-state index in [0.29, 0.717) is 0 Å². The summed E-state index contributed by atoms with van der Waals surface area (Å²) in [5.74, 6) is -0.496. The zero-order valence-corrected chi connectivity index (χ0v) is 9.72. The molecule has 0 aliphatic carbocycles. The van der Waals surface area contributed by atoms with E-state index in [2.05, 4.69) is 0 Å². The van der Waals surface area contributed by atoms with Crippen LogP contribution >= 0.6 is 0 Å². The van der Waals surface area contributed by atoms with E-state index < -0.39 is 22.3 Å². The molecule has 0 aliphatic rings. The zero-order valence-electron chi connectivity index (χ0n) is 8.90. The number of nitrogens with one attached hydrogen (secondary N) is 1. The van der Waals surface area contributed by atoms with E-state index in [1.807, 2.05) is 13.8 Å². The summed E-state index contributed by atoms with van der Waals surface area (Å²) in [5, 5.41) is 0. The molecule has 0 aromatic rings. The fraction of sp³-hybridized carbons (Fsp3) is 0.875. The molecule has 0 spiro atoms. The van der Waals surface area contributed by atoms with Crippen LogP contribution in [0, 0.1) is 5.92 Å². The lowest BCUT2D eigenvalue weighted by molar-refractivity contribution is -0.119. The Kier molecular flexibility index (Phi) is 5.07. The quantitative estimate of drug-likeness (QED) is 0.749. The van der Waals surface area contributed by atoms with Crippen LogP contribution in [-0.4, -0.2) is 20.4 Å². The largest absolute Gasteiger partial charge is 0.362 e. The maximum Gasteiger partial charge on any atom is 0.362 e. The van der Waals surface area contributed by atoms with Gasteiger partial charge in [-0.2, -0.15) is 8.42 Å². The Morgan fingerprint density at radius 3 is 2.21 bits per heavy atom. The van der Waals surface area contributed by atoms with Crippen LogP contribution in [0.2, 0.25) is 0 Å². The molecule has 5 nitrogen and oxygen atoms in total. The van der Waals surface area contributed by atoms with Crippen molar-refractivity contribution < 1.29 is 17.4 Å². The summed E-state index contributed by atoms with van der Waals surface area (Å²) >= 11 is 0. The van der Waals surface area contributed by atoms with Gasteiger partial charge in [0.25, 0.3) is 0 Å². The molecule has 14 heavy (non-hydrogen) atoms. The number of amides is 1. The average Bonchev–Trinajstić information content (AvgIpc) is 2.02. The summed E-state index contributed by atoms with van der Waals surface area (Å²) in [5.41, 5.74) is 0. The smallest absolute Gasteiger partial charge is 0.274 e. The van der Waals surface area contributed by atoms with Crippen molar-refractivity contribution in [2.75, 3.05) is 0 Å². The second-order valence-electron chi connectivity index (χ2n) is 3.38. The molecule has 1 amide bonds. The van der Waals surface area contributed by atoms with E-state index in [0.717, 1.165) is 0 Å². The van der Waals surface area contributed by atoms with Crippen LogP contribution in [0.1, 0.15) is 34.1 Å². The van der Waals surface area contributed by atoms with E-state index >= 15 is 0 Å². The predicted octanol–water partition coefficient (Wildman–Crippen LogP) is 0.818. The third-order valence-corrected chi connectivity index (χ3v) is 2.81. The Labute approximate surface area is 85.1 Å². The molecule has 0 heterocycles. The highest BCUT2D eigenvalue weighted by atomic mass is 32.2. The van der Waals surface area contributed by atoms with Gasteiger partial charge in [-0.1, -0.05) is 20.8 Å². The minimum Gasteiger partial charge on any atom is -0.274 e. The molecule has 0 rings (SSSR count). The molecule has 0 aliphatic heterocycles. The summed E-state index contributed by atoms with van der Waals surface area (Å²) < 4.78 is 28.8. The first-order valence-corrected chi connectivity index (χ1v) is 5.93. The zero-order chi connectivity index (χ0) is 11.4. The Hall–Kier alpha value is -0.620. The van der Waals surface area contributed by atoms with Gasteiger partial charge in [-0.25, -0.2) is 4.72 Å². The predicted molar refractivity (Wildman–Crippen MR) is 52.7 cm³/mol. The van der Waals surface area contributed by atoms with Gasteiger partial charge in [0.05, 0.1) is 6.10 Å². The van der Waals surface area contributed by atoms with Crippen molar-refractivity contribution in [3.8, 4) is 0 Å². The van der Waals surface area contributed by atoms with Crippen molar-refractivity contribution in [3.63, 3.8) is 0 Å². The lowest BCUT2D eigenvalue weighted by Crippen LogP contribution is -2.34. The Morgan fingerprint density at radius 1 is 1.36 bits per heavy atom. The summed E-state index contributed by atoms with van der Waals surface area (Å²) in [6.07, 6.45) is -0.337. The van der Waals surface area contributed by atoms with Crippen LogP contribution in [0.25, 0.3) is 0 Å². The van der Waals surface area contributed by atoms with Gasteiger partial charge < -0.3 is 0 Å². The summed E-state index contributed by atoms with van der Waals surface area (Å²) in [7, 11) is -3.94. The van der Waals surface area contributed by atoms with Crippen LogP contribution in [0.15, 0.2) is 0 Å². The molecule has 6 heteroatoms. The van der Waals surface area contributed by atoms with Gasteiger partial charge in [-0.15, -0.1) is 0 Å². The molecule has 1 atom stereocenters. The fourth-order valence-corrected chi connectivity index (χ4v) is 1.64. The lowest BCUT2D eigenvalue weighted by Gasteiger charge is -2.15. The first-order chi connectivity index (χ1) is 6.28. The van der Waals surface area contributed by atoms with Crippen LogP contribution in [0.3, 0.4) is 0 Å². The van der Waals surface area contributed by atoms with Gasteiger partial charge in [0.15, 0.2) is 0 Å². The summed E-state index contributed by atoms with van der Waals surface area (Å²) in [6.45, 7) is 6.88. The molecule has 0 bridgehead atoms. The fourth-order valence-electron chi connectivity index (χ4n) is 0.547. The second-order valence-corrected chi connectivity index (χ2v) is 4.68. The molecule has 0 aromatic carbocycles. The molecule has 0 aromatic heterocycles. The number of hydrogen-bond acceptors (Lipinski definition) is 4. The number of rotatable bonds is 5. The third-order valence-electron chi connectivity index (χ3n) is 1.78. The standard InChI is InChI=1S/C8H17NO4S/c1-5-8(10)9-14(11,12)13-7(4)6(2)3/h6-7H,5H2,1-4H3,(H,9,10)/t7-/m0/s1.